The Morgan fingerprint density at radius 1 is 1.12 bits per heavy atom. The van der Waals surface area contributed by atoms with Gasteiger partial charge in [-0.15, -0.1) is 24.9 Å². The quantitative estimate of drug-likeness (QED) is 0.221. The molecule has 2 aromatic rings. The zero-order valence-corrected chi connectivity index (χ0v) is 24.6. The van der Waals surface area contributed by atoms with E-state index in [1.807, 2.05) is 20.1 Å². The summed E-state index contributed by atoms with van der Waals surface area (Å²) in [6.45, 7) is 3.51. The number of hydrogen-bond donors (Lipinski definition) is 4. The van der Waals surface area contributed by atoms with Crippen molar-refractivity contribution in [3.8, 4) is 5.75 Å². The molecular formula is C27H35F3N4O5S2. The van der Waals surface area contributed by atoms with Gasteiger partial charge in [0.15, 0.2) is 9.84 Å². The smallest absolute Gasteiger partial charge is 0.406 e. The van der Waals surface area contributed by atoms with Crippen LogP contribution in [-0.2, 0) is 14.6 Å². The molecule has 1 aliphatic carbocycles. The van der Waals surface area contributed by atoms with E-state index < -0.39 is 46.4 Å². The average molecular weight is 617 g/mol. The molecule has 2 aromatic carbocycles. The van der Waals surface area contributed by atoms with Gasteiger partial charge in [0.25, 0.3) is 5.91 Å². The van der Waals surface area contributed by atoms with Crippen LogP contribution in [0.2, 0.25) is 0 Å². The predicted molar refractivity (Wildman–Crippen MR) is 151 cm³/mol. The minimum atomic E-state index is -4.95. The Balaban J connectivity index is 1.68. The van der Waals surface area contributed by atoms with E-state index in [-0.39, 0.29) is 39.9 Å². The van der Waals surface area contributed by atoms with E-state index in [1.54, 1.807) is 24.3 Å². The van der Waals surface area contributed by atoms with Gasteiger partial charge in [0, 0.05) is 28.7 Å². The summed E-state index contributed by atoms with van der Waals surface area (Å²) in [7, 11) is -3.63. The fraction of sp³-hybridized carbons (Fsp3) is 0.481. The van der Waals surface area contributed by atoms with Crippen LogP contribution in [-0.4, -0.2) is 63.3 Å². The van der Waals surface area contributed by atoms with E-state index in [0.29, 0.717) is 12.8 Å². The number of hydrogen-bond acceptors (Lipinski definition) is 8. The van der Waals surface area contributed by atoms with Gasteiger partial charge in [0.2, 0.25) is 5.91 Å². The Morgan fingerprint density at radius 3 is 2.41 bits per heavy atom. The lowest BCUT2D eigenvalue weighted by atomic mass is 9.82. The topological polar surface area (TPSA) is 140 Å². The third kappa shape index (κ3) is 9.82. The summed E-state index contributed by atoms with van der Waals surface area (Å²) in [4.78, 5) is 26.6. The van der Waals surface area contributed by atoms with Crippen LogP contribution in [0.4, 0.5) is 18.9 Å². The number of alkyl halides is 3. The Morgan fingerprint density at radius 2 is 1.80 bits per heavy atom. The molecule has 0 radical (unpaired) electrons. The molecule has 5 N–H and O–H groups in total. The van der Waals surface area contributed by atoms with E-state index in [4.69, 9.17) is 5.73 Å². The first kappa shape index (κ1) is 32.5. The number of anilines is 1. The monoisotopic (exact) mass is 616 g/mol. The normalized spacial score (nSPS) is 19.5. The van der Waals surface area contributed by atoms with Crippen LogP contribution in [0.25, 0.3) is 0 Å². The van der Waals surface area contributed by atoms with E-state index in [0.717, 1.165) is 29.5 Å². The number of nitrogens with one attached hydrogen (secondary N) is 3. The van der Waals surface area contributed by atoms with Gasteiger partial charge in [-0.1, -0.05) is 13.8 Å². The van der Waals surface area contributed by atoms with Crippen molar-refractivity contribution in [2.75, 3.05) is 24.3 Å². The van der Waals surface area contributed by atoms with Gasteiger partial charge in [-0.2, -0.15) is 0 Å². The van der Waals surface area contributed by atoms with Crippen molar-refractivity contribution < 1.29 is 35.9 Å². The Kier molecular flexibility index (Phi) is 11.0. The highest BCUT2D eigenvalue weighted by atomic mass is 32.2. The minimum Gasteiger partial charge on any atom is -0.406 e. The second-order valence-electron chi connectivity index (χ2n) is 10.2. The summed E-state index contributed by atoms with van der Waals surface area (Å²) in [6, 6.07) is 9.33. The highest BCUT2D eigenvalue weighted by Gasteiger charge is 2.35. The van der Waals surface area contributed by atoms with Crippen LogP contribution < -0.4 is 26.4 Å². The molecule has 1 fully saturated rings. The first-order valence-electron chi connectivity index (χ1n) is 13.0. The standard InChI is InChI=1S/C27H35F3N4O5S2/c1-16(2)33-18-5-4-17(15-41(37,38)21-9-7-20(40-3)8-10-21)24(12-18)34-25(35)14-32-26(36)22-13-19(6-11-23(22)31)39-27(28,29)30/h6-11,13,16-18,24,33H,4-5,12,14-15,31H2,1-3H3,(H,32,36)(H,34,35). The SMILES string of the molecule is CSc1ccc(S(=O)(=O)CC2CCC(NC(C)C)CC2NC(=O)CNC(=O)c2cc(OC(F)(F)F)ccc2N)cc1. The molecule has 1 aliphatic rings. The number of ether oxygens (including phenoxy) is 1. The second-order valence-corrected chi connectivity index (χ2v) is 13.1. The van der Waals surface area contributed by atoms with Crippen LogP contribution in [0.1, 0.15) is 43.5 Å². The maximum absolute atomic E-state index is 13.2. The third-order valence-corrected chi connectivity index (χ3v) is 9.27. The number of nitrogens with two attached hydrogens (primary N) is 1. The van der Waals surface area contributed by atoms with Crippen molar-refractivity contribution in [3.63, 3.8) is 0 Å². The van der Waals surface area contributed by atoms with Crippen LogP contribution in [0.15, 0.2) is 52.3 Å². The lowest BCUT2D eigenvalue weighted by molar-refractivity contribution is -0.274. The summed E-state index contributed by atoms with van der Waals surface area (Å²) in [6.07, 6.45) is -1.26. The van der Waals surface area contributed by atoms with Gasteiger partial charge >= 0.3 is 6.36 Å². The van der Waals surface area contributed by atoms with Crippen LogP contribution in [0.3, 0.4) is 0 Å². The highest BCUT2D eigenvalue weighted by Crippen LogP contribution is 2.30. The van der Waals surface area contributed by atoms with Crippen molar-refractivity contribution >= 4 is 39.1 Å². The first-order chi connectivity index (χ1) is 19.2. The number of nitrogen functional groups attached to an aromatic ring is 1. The highest BCUT2D eigenvalue weighted by molar-refractivity contribution is 7.98. The number of halogens is 3. The summed E-state index contributed by atoms with van der Waals surface area (Å²) in [5, 5.41) is 8.65. The number of amides is 2. The number of rotatable bonds is 11. The third-order valence-electron chi connectivity index (χ3n) is 6.67. The number of benzene rings is 2. The maximum Gasteiger partial charge on any atom is 0.573 e. The number of thioether (sulfide) groups is 1. The van der Waals surface area contributed by atoms with Crippen LogP contribution in [0.5, 0.6) is 5.75 Å². The molecule has 0 heterocycles. The molecule has 0 aromatic heterocycles. The average Bonchev–Trinajstić information content (AvgIpc) is 2.88. The number of carbonyl (C=O) groups excluding carboxylic acids is 2. The molecule has 3 rings (SSSR count). The van der Waals surface area contributed by atoms with Gasteiger partial charge in [0.05, 0.1) is 22.8 Å². The molecule has 226 valence electrons. The molecule has 0 bridgehead atoms. The lowest BCUT2D eigenvalue weighted by Gasteiger charge is -2.37. The Bertz CT molecular complexity index is 1320. The fourth-order valence-electron chi connectivity index (χ4n) is 4.84. The molecule has 0 spiro atoms. The second kappa shape index (κ2) is 13.8. The van der Waals surface area contributed by atoms with E-state index in [9.17, 15) is 31.2 Å². The molecule has 3 unspecified atom stereocenters. The summed E-state index contributed by atoms with van der Waals surface area (Å²) in [5.74, 6) is -2.57. The van der Waals surface area contributed by atoms with Gasteiger partial charge in [-0.05, 0) is 73.9 Å². The van der Waals surface area contributed by atoms with Gasteiger partial charge in [-0.25, -0.2) is 8.42 Å². The molecule has 0 aliphatic heterocycles. The Labute approximate surface area is 242 Å². The van der Waals surface area contributed by atoms with E-state index >= 15 is 0 Å². The van der Waals surface area contributed by atoms with Gasteiger partial charge in [-0.3, -0.25) is 9.59 Å². The molecule has 41 heavy (non-hydrogen) atoms. The largest absolute Gasteiger partial charge is 0.573 e. The molecule has 1 saturated carbocycles. The van der Waals surface area contributed by atoms with Crippen molar-refractivity contribution in [2.24, 2.45) is 5.92 Å². The fourth-order valence-corrected chi connectivity index (χ4v) is 6.95. The van der Waals surface area contributed by atoms with E-state index in [1.165, 1.54) is 11.8 Å². The molecular weight excluding hydrogens is 581 g/mol. The zero-order chi connectivity index (χ0) is 30.4. The number of sulfone groups is 1. The van der Waals surface area contributed by atoms with Crippen molar-refractivity contribution in [3.05, 3.63) is 48.0 Å². The first-order valence-corrected chi connectivity index (χ1v) is 15.9. The summed E-state index contributed by atoms with van der Waals surface area (Å²) >= 11 is 1.51. The molecule has 0 saturated heterocycles. The molecule has 2 amide bonds. The Hall–Kier alpha value is -2.97. The minimum absolute atomic E-state index is 0.0610. The molecule has 3 atom stereocenters. The maximum atomic E-state index is 13.2. The number of carbonyl (C=O) groups is 2. The summed E-state index contributed by atoms with van der Waals surface area (Å²) < 4.78 is 68.0. The van der Waals surface area contributed by atoms with Gasteiger partial charge < -0.3 is 26.4 Å². The predicted octanol–water partition coefficient (Wildman–Crippen LogP) is 3.74. The van der Waals surface area contributed by atoms with Crippen LogP contribution in [0, 0.1) is 5.92 Å². The van der Waals surface area contributed by atoms with Crippen LogP contribution >= 0.6 is 11.8 Å². The van der Waals surface area contributed by atoms with Gasteiger partial charge in [0.1, 0.15) is 5.75 Å². The van der Waals surface area contributed by atoms with Crippen molar-refractivity contribution in [1.29, 1.82) is 0 Å². The lowest BCUT2D eigenvalue weighted by Crippen LogP contribution is -2.53. The molecule has 9 nitrogen and oxygen atoms in total. The van der Waals surface area contributed by atoms with Crippen molar-refractivity contribution in [2.45, 2.75) is 67.4 Å². The van der Waals surface area contributed by atoms with E-state index in [2.05, 4.69) is 20.7 Å². The van der Waals surface area contributed by atoms with Crippen molar-refractivity contribution in [1.82, 2.24) is 16.0 Å². The zero-order valence-electron chi connectivity index (χ0n) is 23.0. The summed E-state index contributed by atoms with van der Waals surface area (Å²) in [5.41, 5.74) is 5.37. The molecule has 14 heteroatoms.